The van der Waals surface area contributed by atoms with E-state index in [1.165, 1.54) is 47.7 Å². The summed E-state index contributed by atoms with van der Waals surface area (Å²) >= 11 is 0. The summed E-state index contributed by atoms with van der Waals surface area (Å²) in [5.74, 6) is 0. The van der Waals surface area contributed by atoms with E-state index >= 15 is 0 Å². The van der Waals surface area contributed by atoms with Gasteiger partial charge in [-0.25, -0.2) is 0 Å². The van der Waals surface area contributed by atoms with Gasteiger partial charge in [0.05, 0.1) is 0 Å². The Kier molecular flexibility index (Phi) is 19.7. The van der Waals surface area contributed by atoms with Crippen LogP contribution in [-0.2, 0) is 24.3 Å². The zero-order valence-corrected chi connectivity index (χ0v) is 37.5. The molecule has 0 aliphatic heterocycles. The average Bonchev–Trinajstić information content (AvgIpc) is 3.34. The Morgan fingerprint density at radius 2 is 0.283 bits per heavy atom. The molecule has 9 rings (SSSR count). The van der Waals surface area contributed by atoms with Crippen LogP contribution in [0.1, 0.15) is 1.43 Å². The second-order valence-electron chi connectivity index (χ2n) is 13.0. The van der Waals surface area contributed by atoms with E-state index in [1.54, 1.807) is 0 Å². The third-order valence-corrected chi connectivity index (χ3v) is 16.5. The van der Waals surface area contributed by atoms with Gasteiger partial charge in [-0.05, 0) is 71.5 Å². The molecule has 0 saturated carbocycles. The van der Waals surface area contributed by atoms with Crippen molar-refractivity contribution >= 4 is 78.3 Å². The molecule has 0 aliphatic carbocycles. The number of hydrogen-bond acceptors (Lipinski definition) is 1. The first-order chi connectivity index (χ1) is 29.3. The van der Waals surface area contributed by atoms with E-state index in [0.29, 0.717) is 0 Å². The normalized spacial score (nSPS) is 10.1. The third kappa shape index (κ3) is 13.3. The zero-order valence-electron chi connectivity index (χ0n) is 34.1. The van der Waals surface area contributed by atoms with Crippen molar-refractivity contribution in [3.8, 4) is 0 Å². The summed E-state index contributed by atoms with van der Waals surface area (Å²) in [6.07, 6.45) is 0. The fraction of sp³-hybridized carbons (Fsp3) is 0. The minimum atomic E-state index is -0.446. The van der Waals surface area contributed by atoms with Gasteiger partial charge in [-0.2, -0.15) is 0 Å². The number of carbonyl (C=O) groups excluding carboxylic acids is 1. The molecule has 0 spiro atoms. The Balaban J connectivity index is 0.000000194. The number of hydrogen-bond donors (Lipinski definition) is 0. The maximum absolute atomic E-state index is 7.75. The van der Waals surface area contributed by atoms with Gasteiger partial charge in [0.25, 0.3) is 0 Å². The summed E-state index contributed by atoms with van der Waals surface area (Å²) in [7, 11) is -1.34. The smallest absolute Gasteiger partial charge is 1.00 e. The van der Waals surface area contributed by atoms with Gasteiger partial charge in [0.2, 0.25) is 0 Å². The molecule has 1 nitrogen and oxygen atoms in total. The first-order valence-electron chi connectivity index (χ1n) is 19.4. The monoisotopic (exact) mass is 919 g/mol. The van der Waals surface area contributed by atoms with Gasteiger partial charge in [-0.3, -0.25) is 6.79 Å². The van der Waals surface area contributed by atoms with Crippen molar-refractivity contribution in [2.24, 2.45) is 0 Å². The first-order valence-corrected chi connectivity index (χ1v) is 23.5. The minimum Gasteiger partial charge on any atom is -1.00 e. The molecule has 0 fully saturated rings. The van der Waals surface area contributed by atoms with E-state index < -0.39 is 23.8 Å². The summed E-state index contributed by atoms with van der Waals surface area (Å²) in [6.45, 7) is 3.25. The van der Waals surface area contributed by atoms with Gasteiger partial charge in [0.15, 0.2) is 0 Å². The van der Waals surface area contributed by atoms with Gasteiger partial charge in [-0.15, -0.1) is 0 Å². The molecule has 0 N–H and O–H groups in total. The molecule has 9 aromatic carbocycles. The van der Waals surface area contributed by atoms with E-state index in [2.05, 4.69) is 280 Å². The Labute approximate surface area is 374 Å². The molecule has 60 heavy (non-hydrogen) atoms. The SMILES string of the molecule is [CH-]=O.[H-].[Rh+2].c1ccc(P(c2ccccc2)c2ccccc2)cc1.c1ccc(P(c2ccccc2)c2ccccc2)cc1.c1ccc(P(c2ccccc2)c2ccccc2)cc1. The summed E-state index contributed by atoms with van der Waals surface area (Å²) in [5.41, 5.74) is 0. The van der Waals surface area contributed by atoms with Gasteiger partial charge < -0.3 is 6.22 Å². The molecule has 0 unspecified atom stereocenters. The summed E-state index contributed by atoms with van der Waals surface area (Å²) in [5, 5.41) is 12.6. The molecule has 0 saturated heterocycles. The average molecular weight is 920 g/mol. The van der Waals surface area contributed by atoms with Crippen LogP contribution in [0.2, 0.25) is 0 Å². The van der Waals surface area contributed by atoms with Crippen molar-refractivity contribution in [3.05, 3.63) is 273 Å². The Morgan fingerprint density at radius 1 is 0.200 bits per heavy atom. The second-order valence-corrected chi connectivity index (χ2v) is 19.7. The van der Waals surface area contributed by atoms with Crippen molar-refractivity contribution in [2.75, 3.05) is 0 Å². The van der Waals surface area contributed by atoms with Crippen LogP contribution >= 0.6 is 23.8 Å². The fourth-order valence-corrected chi connectivity index (χ4v) is 13.5. The van der Waals surface area contributed by atoms with E-state index in [9.17, 15) is 0 Å². The van der Waals surface area contributed by atoms with Crippen LogP contribution in [0.25, 0.3) is 0 Å². The van der Waals surface area contributed by atoms with E-state index in [-0.39, 0.29) is 20.9 Å². The molecule has 0 bridgehead atoms. The fourth-order valence-electron chi connectivity index (χ4n) is 6.54. The minimum absolute atomic E-state index is 0. The van der Waals surface area contributed by atoms with Gasteiger partial charge >= 0.3 is 19.5 Å². The maximum atomic E-state index is 7.75. The number of rotatable bonds is 9. The van der Waals surface area contributed by atoms with Crippen LogP contribution in [0.15, 0.2) is 273 Å². The third-order valence-electron chi connectivity index (χ3n) is 9.13. The molecular formula is C55H47OP3Rh. The molecule has 1 radical (unpaired) electrons. The van der Waals surface area contributed by atoms with Crippen LogP contribution in [0.4, 0.5) is 0 Å². The van der Waals surface area contributed by atoms with Crippen LogP contribution in [-0.4, -0.2) is 6.79 Å². The number of benzene rings is 9. The molecule has 9 aromatic rings. The Morgan fingerprint density at radius 3 is 0.367 bits per heavy atom. The van der Waals surface area contributed by atoms with Crippen molar-refractivity contribution in [2.45, 2.75) is 0 Å². The quantitative estimate of drug-likeness (QED) is 0.0610. The van der Waals surface area contributed by atoms with Crippen molar-refractivity contribution in [3.63, 3.8) is 0 Å². The molecule has 0 atom stereocenters. The second kappa shape index (κ2) is 25.9. The topological polar surface area (TPSA) is 17.1 Å². The van der Waals surface area contributed by atoms with Crippen molar-refractivity contribution < 1.29 is 25.7 Å². The van der Waals surface area contributed by atoms with Crippen molar-refractivity contribution in [1.82, 2.24) is 0 Å². The van der Waals surface area contributed by atoms with E-state index in [1.807, 2.05) is 0 Å². The molecule has 0 heterocycles. The zero-order chi connectivity index (χ0) is 40.7. The predicted molar refractivity (Wildman–Crippen MR) is 263 cm³/mol. The molecular weight excluding hydrogens is 872 g/mol. The molecule has 0 aromatic heterocycles. The van der Waals surface area contributed by atoms with Crippen LogP contribution in [0.3, 0.4) is 0 Å². The van der Waals surface area contributed by atoms with Crippen LogP contribution < -0.4 is 47.7 Å². The largest absolute Gasteiger partial charge is 2.00 e. The Bertz CT molecular complexity index is 1890. The Hall–Kier alpha value is -5.44. The molecule has 0 aliphatic rings. The van der Waals surface area contributed by atoms with Gasteiger partial charge in [-0.1, -0.05) is 273 Å². The summed E-state index contributed by atoms with van der Waals surface area (Å²) in [6, 6.07) is 97.0. The standard InChI is InChI=1S/3C18H15P.CHO.Rh.H/c3*1-4-10-16(11-5-1)19(17-12-6-2-7-13-17)18-14-8-3-9-15-18;1-2;;/h3*1-15H;1H;;/q;;;-1;+2;-1. The van der Waals surface area contributed by atoms with E-state index in [4.69, 9.17) is 4.79 Å². The molecule has 0 amide bonds. The molecule has 297 valence electrons. The van der Waals surface area contributed by atoms with Crippen LogP contribution in [0.5, 0.6) is 0 Å². The predicted octanol–water partition coefficient (Wildman–Crippen LogP) is 10.2. The van der Waals surface area contributed by atoms with Gasteiger partial charge in [0.1, 0.15) is 0 Å². The van der Waals surface area contributed by atoms with E-state index in [0.717, 1.165) is 0 Å². The summed E-state index contributed by atoms with van der Waals surface area (Å²) < 4.78 is 0. The van der Waals surface area contributed by atoms with Crippen LogP contribution in [0, 0.1) is 0 Å². The van der Waals surface area contributed by atoms with Gasteiger partial charge in [0, 0.05) is 0 Å². The molecule has 5 heteroatoms. The first kappa shape index (κ1) is 45.6. The summed E-state index contributed by atoms with van der Waals surface area (Å²) in [4.78, 5) is 7.75. The van der Waals surface area contributed by atoms with Crippen molar-refractivity contribution in [1.29, 1.82) is 0 Å². The maximum Gasteiger partial charge on any atom is 2.00 e.